The van der Waals surface area contributed by atoms with Gasteiger partial charge in [-0.25, -0.2) is 4.79 Å². The lowest BCUT2D eigenvalue weighted by atomic mass is 10.00. The summed E-state index contributed by atoms with van der Waals surface area (Å²) in [5.41, 5.74) is 2.70. The summed E-state index contributed by atoms with van der Waals surface area (Å²) in [5, 5.41) is 0. The summed E-state index contributed by atoms with van der Waals surface area (Å²) in [5.74, 6) is 0.312. The van der Waals surface area contributed by atoms with E-state index in [2.05, 4.69) is 4.98 Å². The molecule has 0 aliphatic heterocycles. The second kappa shape index (κ2) is 6.70. The number of carbonyl (C=O) groups is 1. The maximum atomic E-state index is 11.8. The summed E-state index contributed by atoms with van der Waals surface area (Å²) >= 11 is 0. The number of carbonyl (C=O) groups excluding carboxylic acids is 1. The van der Waals surface area contributed by atoms with Crippen LogP contribution in [0.25, 0.3) is 0 Å². The summed E-state index contributed by atoms with van der Waals surface area (Å²) in [7, 11) is 2.96. The van der Waals surface area contributed by atoms with Gasteiger partial charge in [-0.1, -0.05) is 6.07 Å². The Kier molecular flexibility index (Phi) is 4.71. The Morgan fingerprint density at radius 3 is 2.50 bits per heavy atom. The van der Waals surface area contributed by atoms with Gasteiger partial charge in [0.1, 0.15) is 5.75 Å². The highest BCUT2D eigenvalue weighted by Gasteiger charge is 2.13. The normalized spacial score (nSPS) is 10.1. The fourth-order valence-corrected chi connectivity index (χ4v) is 2.03. The molecule has 20 heavy (non-hydrogen) atoms. The molecule has 0 amide bonds. The Morgan fingerprint density at radius 2 is 1.85 bits per heavy atom. The number of esters is 1. The summed E-state index contributed by atoms with van der Waals surface area (Å²) < 4.78 is 9.98. The molecule has 1 aromatic carbocycles. The van der Waals surface area contributed by atoms with E-state index in [1.54, 1.807) is 25.6 Å². The van der Waals surface area contributed by atoms with Crippen LogP contribution >= 0.6 is 0 Å². The van der Waals surface area contributed by atoms with Gasteiger partial charge in [-0.05, 0) is 48.2 Å². The van der Waals surface area contributed by atoms with Crippen LogP contribution in [0, 0.1) is 0 Å². The average molecular weight is 271 g/mol. The van der Waals surface area contributed by atoms with Crippen molar-refractivity contribution in [3.8, 4) is 5.75 Å². The van der Waals surface area contributed by atoms with Crippen molar-refractivity contribution in [3.63, 3.8) is 0 Å². The van der Waals surface area contributed by atoms with E-state index >= 15 is 0 Å². The molecule has 1 aromatic heterocycles. The van der Waals surface area contributed by atoms with E-state index in [1.165, 1.54) is 12.7 Å². The minimum absolute atomic E-state index is 0.339. The number of hydrogen-bond donors (Lipinski definition) is 0. The highest BCUT2D eigenvalue weighted by molar-refractivity contribution is 5.91. The van der Waals surface area contributed by atoms with Crippen molar-refractivity contribution in [1.29, 1.82) is 0 Å². The van der Waals surface area contributed by atoms with Crippen molar-refractivity contribution in [3.05, 3.63) is 59.4 Å². The highest BCUT2D eigenvalue weighted by Crippen LogP contribution is 2.20. The van der Waals surface area contributed by atoms with Crippen molar-refractivity contribution in [1.82, 2.24) is 4.98 Å². The smallest absolute Gasteiger partial charge is 0.338 e. The third-order valence-electron chi connectivity index (χ3n) is 3.15. The zero-order valence-electron chi connectivity index (χ0n) is 11.6. The van der Waals surface area contributed by atoms with Crippen LogP contribution in [0.2, 0.25) is 0 Å². The summed E-state index contributed by atoms with van der Waals surface area (Å²) in [4.78, 5) is 15.8. The standard InChI is InChI=1S/C16H17NO3/c1-19-14-6-5-13(15(11-14)16(18)20-2)4-3-12-7-9-17-10-8-12/h5-11H,3-4H2,1-2H3. The van der Waals surface area contributed by atoms with E-state index in [0.29, 0.717) is 11.3 Å². The molecule has 0 aliphatic carbocycles. The van der Waals surface area contributed by atoms with Gasteiger partial charge in [0.2, 0.25) is 0 Å². The van der Waals surface area contributed by atoms with E-state index in [-0.39, 0.29) is 5.97 Å². The molecule has 0 radical (unpaired) electrons. The first-order chi connectivity index (χ1) is 9.74. The summed E-state index contributed by atoms with van der Waals surface area (Å²) in [6.07, 6.45) is 5.15. The molecule has 0 spiro atoms. The van der Waals surface area contributed by atoms with Crippen LogP contribution in [-0.4, -0.2) is 25.2 Å². The third kappa shape index (κ3) is 3.35. The Balaban J connectivity index is 2.20. The van der Waals surface area contributed by atoms with E-state index < -0.39 is 0 Å². The molecule has 4 heteroatoms. The van der Waals surface area contributed by atoms with Crippen molar-refractivity contribution < 1.29 is 14.3 Å². The Bertz CT molecular complexity index is 582. The third-order valence-corrected chi connectivity index (χ3v) is 3.15. The first-order valence-electron chi connectivity index (χ1n) is 6.38. The number of pyridine rings is 1. The van der Waals surface area contributed by atoms with E-state index in [1.807, 2.05) is 24.3 Å². The molecule has 0 N–H and O–H groups in total. The number of aromatic nitrogens is 1. The monoisotopic (exact) mass is 271 g/mol. The summed E-state index contributed by atoms with van der Waals surface area (Å²) in [6.45, 7) is 0. The molecule has 0 atom stereocenters. The SMILES string of the molecule is COC(=O)c1cc(OC)ccc1CCc1ccncc1. The van der Waals surface area contributed by atoms with Crippen molar-refractivity contribution in [2.24, 2.45) is 0 Å². The fourth-order valence-electron chi connectivity index (χ4n) is 2.03. The largest absolute Gasteiger partial charge is 0.497 e. The highest BCUT2D eigenvalue weighted by atomic mass is 16.5. The Labute approximate surface area is 118 Å². The van der Waals surface area contributed by atoms with Gasteiger partial charge in [-0.2, -0.15) is 0 Å². The topological polar surface area (TPSA) is 48.4 Å². The quantitative estimate of drug-likeness (QED) is 0.784. The zero-order valence-corrected chi connectivity index (χ0v) is 11.6. The average Bonchev–Trinajstić information content (AvgIpc) is 2.53. The van der Waals surface area contributed by atoms with E-state index in [4.69, 9.17) is 9.47 Å². The van der Waals surface area contributed by atoms with Gasteiger partial charge in [0.05, 0.1) is 19.8 Å². The molecule has 2 rings (SSSR count). The van der Waals surface area contributed by atoms with Crippen molar-refractivity contribution in [2.45, 2.75) is 12.8 Å². The van der Waals surface area contributed by atoms with Gasteiger partial charge in [0.25, 0.3) is 0 Å². The lowest BCUT2D eigenvalue weighted by Gasteiger charge is -2.10. The van der Waals surface area contributed by atoms with Gasteiger partial charge in [-0.3, -0.25) is 4.98 Å². The molecule has 2 aromatic rings. The van der Waals surface area contributed by atoms with Gasteiger partial charge < -0.3 is 9.47 Å². The predicted molar refractivity (Wildman–Crippen MR) is 76.0 cm³/mol. The lowest BCUT2D eigenvalue weighted by Crippen LogP contribution is -2.07. The van der Waals surface area contributed by atoms with Gasteiger partial charge in [0.15, 0.2) is 0 Å². The maximum absolute atomic E-state index is 11.8. The Hall–Kier alpha value is -2.36. The van der Waals surface area contributed by atoms with E-state index in [9.17, 15) is 4.79 Å². The Morgan fingerprint density at radius 1 is 1.10 bits per heavy atom. The molecule has 0 saturated heterocycles. The van der Waals surface area contributed by atoms with Crippen LogP contribution in [0.4, 0.5) is 0 Å². The first kappa shape index (κ1) is 14.1. The molecule has 0 bridgehead atoms. The van der Waals surface area contributed by atoms with Gasteiger partial charge in [0, 0.05) is 12.4 Å². The minimum atomic E-state index is -0.339. The minimum Gasteiger partial charge on any atom is -0.497 e. The second-order valence-electron chi connectivity index (χ2n) is 4.37. The molecule has 104 valence electrons. The van der Waals surface area contributed by atoms with Crippen LogP contribution < -0.4 is 4.74 Å². The molecular weight excluding hydrogens is 254 g/mol. The number of rotatable bonds is 5. The van der Waals surface area contributed by atoms with Crippen LogP contribution in [-0.2, 0) is 17.6 Å². The van der Waals surface area contributed by atoms with Crippen molar-refractivity contribution >= 4 is 5.97 Å². The maximum Gasteiger partial charge on any atom is 0.338 e. The molecule has 0 fully saturated rings. The number of ether oxygens (including phenoxy) is 2. The van der Waals surface area contributed by atoms with Crippen LogP contribution in [0.1, 0.15) is 21.5 Å². The fraction of sp³-hybridized carbons (Fsp3) is 0.250. The van der Waals surface area contributed by atoms with Crippen LogP contribution in [0.15, 0.2) is 42.7 Å². The molecule has 1 heterocycles. The van der Waals surface area contributed by atoms with Crippen molar-refractivity contribution in [2.75, 3.05) is 14.2 Å². The number of aryl methyl sites for hydroxylation is 2. The number of methoxy groups -OCH3 is 2. The second-order valence-corrected chi connectivity index (χ2v) is 4.37. The van der Waals surface area contributed by atoms with E-state index in [0.717, 1.165) is 18.4 Å². The molecule has 0 saturated carbocycles. The molecular formula is C16H17NO3. The number of nitrogens with zero attached hydrogens (tertiary/aromatic N) is 1. The van der Waals surface area contributed by atoms with Gasteiger partial charge >= 0.3 is 5.97 Å². The zero-order chi connectivity index (χ0) is 14.4. The number of benzene rings is 1. The number of hydrogen-bond acceptors (Lipinski definition) is 4. The lowest BCUT2D eigenvalue weighted by molar-refractivity contribution is 0.0599. The van der Waals surface area contributed by atoms with Crippen LogP contribution in [0.3, 0.4) is 0 Å². The summed E-state index contributed by atoms with van der Waals surface area (Å²) in [6, 6.07) is 9.43. The molecule has 0 aliphatic rings. The molecule has 4 nitrogen and oxygen atoms in total. The van der Waals surface area contributed by atoms with Gasteiger partial charge in [-0.15, -0.1) is 0 Å². The predicted octanol–water partition coefficient (Wildman–Crippen LogP) is 2.66. The first-order valence-corrected chi connectivity index (χ1v) is 6.38. The van der Waals surface area contributed by atoms with Crippen LogP contribution in [0.5, 0.6) is 5.75 Å². The molecule has 0 unspecified atom stereocenters.